The van der Waals surface area contributed by atoms with Gasteiger partial charge in [-0.15, -0.1) is 11.3 Å². The van der Waals surface area contributed by atoms with E-state index in [4.69, 9.17) is 23.2 Å². The number of hydrogen-bond donors (Lipinski definition) is 2. The highest BCUT2D eigenvalue weighted by molar-refractivity contribution is 7.10. The average molecular weight is 400 g/mol. The van der Waals surface area contributed by atoms with Gasteiger partial charge in [-0.25, -0.2) is 0 Å². The van der Waals surface area contributed by atoms with Gasteiger partial charge in [0, 0.05) is 10.6 Å². The summed E-state index contributed by atoms with van der Waals surface area (Å²) in [5.74, 6) is -0.370. The SMILES string of the molecule is C[C@@H](NC(=O)CN(C)CC(=O)Nc1ccc(Cl)c(Cl)c1)c1cccs1. The van der Waals surface area contributed by atoms with Gasteiger partial charge >= 0.3 is 0 Å². The molecule has 0 aliphatic heterocycles. The highest BCUT2D eigenvalue weighted by Crippen LogP contribution is 2.24. The van der Waals surface area contributed by atoms with Crippen molar-refractivity contribution in [2.45, 2.75) is 13.0 Å². The highest BCUT2D eigenvalue weighted by Gasteiger charge is 2.14. The number of carbonyl (C=O) groups excluding carboxylic acids is 2. The summed E-state index contributed by atoms with van der Waals surface area (Å²) >= 11 is 13.4. The van der Waals surface area contributed by atoms with E-state index in [-0.39, 0.29) is 30.9 Å². The third kappa shape index (κ3) is 6.32. The standard InChI is InChI=1S/C17H19Cl2N3O2S/c1-11(15-4-3-7-25-15)20-16(23)9-22(2)10-17(24)21-12-5-6-13(18)14(19)8-12/h3-8,11H,9-10H2,1-2H3,(H,20,23)(H,21,24)/t11-/m1/s1. The molecule has 0 radical (unpaired) electrons. The van der Waals surface area contributed by atoms with Crippen molar-refractivity contribution in [3.63, 3.8) is 0 Å². The summed E-state index contributed by atoms with van der Waals surface area (Å²) in [7, 11) is 1.71. The van der Waals surface area contributed by atoms with Crippen LogP contribution in [0.2, 0.25) is 10.0 Å². The second-order valence-electron chi connectivity index (χ2n) is 5.65. The number of rotatable bonds is 7. The first-order chi connectivity index (χ1) is 11.8. The Hall–Kier alpha value is -1.60. The zero-order chi connectivity index (χ0) is 18.4. The topological polar surface area (TPSA) is 61.4 Å². The fraction of sp³-hybridized carbons (Fsp3) is 0.294. The monoisotopic (exact) mass is 399 g/mol. The Labute approximate surface area is 160 Å². The molecule has 2 aromatic rings. The number of likely N-dealkylation sites (N-methyl/N-ethyl adjacent to an activating group) is 1. The molecular weight excluding hydrogens is 381 g/mol. The molecule has 2 amide bonds. The van der Waals surface area contributed by atoms with Crippen LogP contribution in [0.4, 0.5) is 5.69 Å². The van der Waals surface area contributed by atoms with Crippen molar-refractivity contribution in [3.8, 4) is 0 Å². The Morgan fingerprint density at radius 1 is 1.16 bits per heavy atom. The van der Waals surface area contributed by atoms with Gasteiger partial charge in [-0.1, -0.05) is 29.3 Å². The summed E-state index contributed by atoms with van der Waals surface area (Å²) in [4.78, 5) is 26.9. The van der Waals surface area contributed by atoms with Crippen LogP contribution < -0.4 is 10.6 Å². The molecule has 1 heterocycles. The number of anilines is 1. The summed E-state index contributed by atoms with van der Waals surface area (Å²) in [6.45, 7) is 2.15. The van der Waals surface area contributed by atoms with Gasteiger partial charge in [-0.05, 0) is 43.6 Å². The molecule has 0 bridgehead atoms. The molecule has 25 heavy (non-hydrogen) atoms. The van der Waals surface area contributed by atoms with Crippen molar-refractivity contribution in [1.29, 1.82) is 0 Å². The van der Waals surface area contributed by atoms with E-state index in [0.717, 1.165) is 4.88 Å². The molecule has 2 rings (SSSR count). The van der Waals surface area contributed by atoms with Crippen molar-refractivity contribution >= 4 is 52.0 Å². The zero-order valence-electron chi connectivity index (χ0n) is 13.9. The van der Waals surface area contributed by atoms with Crippen LogP contribution in [0, 0.1) is 0 Å². The number of amides is 2. The summed E-state index contributed by atoms with van der Waals surface area (Å²) in [5.41, 5.74) is 0.559. The quantitative estimate of drug-likeness (QED) is 0.743. The molecule has 0 aliphatic rings. The maximum Gasteiger partial charge on any atom is 0.238 e. The smallest absolute Gasteiger partial charge is 0.238 e. The Balaban J connectivity index is 1.78. The second kappa shape index (κ2) is 9.20. The van der Waals surface area contributed by atoms with Crippen LogP contribution in [0.5, 0.6) is 0 Å². The van der Waals surface area contributed by atoms with Gasteiger partial charge in [0.05, 0.1) is 29.2 Å². The molecule has 1 aromatic heterocycles. The molecule has 0 fully saturated rings. The molecule has 0 aliphatic carbocycles. The summed E-state index contributed by atoms with van der Waals surface area (Å²) in [6.07, 6.45) is 0. The largest absolute Gasteiger partial charge is 0.348 e. The molecule has 1 atom stereocenters. The normalized spacial score (nSPS) is 12.0. The fourth-order valence-electron chi connectivity index (χ4n) is 2.22. The molecular formula is C17H19Cl2N3O2S. The number of benzene rings is 1. The minimum absolute atomic E-state index is 0.0501. The van der Waals surface area contributed by atoms with E-state index >= 15 is 0 Å². The maximum absolute atomic E-state index is 12.1. The summed E-state index contributed by atoms with van der Waals surface area (Å²) < 4.78 is 0. The molecule has 0 saturated carbocycles. The Morgan fingerprint density at radius 2 is 1.88 bits per heavy atom. The predicted molar refractivity (Wildman–Crippen MR) is 103 cm³/mol. The third-order valence-corrected chi connectivity index (χ3v) is 5.17. The van der Waals surface area contributed by atoms with Gasteiger partial charge in [0.1, 0.15) is 0 Å². The van der Waals surface area contributed by atoms with Crippen LogP contribution >= 0.6 is 34.5 Å². The van der Waals surface area contributed by atoms with Crippen molar-refractivity contribution < 1.29 is 9.59 Å². The lowest BCUT2D eigenvalue weighted by Gasteiger charge is -2.18. The van der Waals surface area contributed by atoms with Gasteiger partial charge in [-0.2, -0.15) is 0 Å². The molecule has 0 saturated heterocycles. The van der Waals surface area contributed by atoms with Gasteiger partial charge < -0.3 is 10.6 Å². The van der Waals surface area contributed by atoms with Gasteiger partial charge in [0.2, 0.25) is 11.8 Å². The molecule has 0 spiro atoms. The van der Waals surface area contributed by atoms with E-state index in [1.54, 1.807) is 41.5 Å². The van der Waals surface area contributed by atoms with Crippen LogP contribution in [-0.2, 0) is 9.59 Å². The number of carbonyl (C=O) groups is 2. The Morgan fingerprint density at radius 3 is 2.52 bits per heavy atom. The number of thiophene rings is 1. The molecule has 8 heteroatoms. The Kier molecular flexibility index (Phi) is 7.25. The Bertz CT molecular complexity index is 737. The van der Waals surface area contributed by atoms with Crippen LogP contribution in [0.25, 0.3) is 0 Å². The van der Waals surface area contributed by atoms with Gasteiger partial charge in [0.15, 0.2) is 0 Å². The van der Waals surface area contributed by atoms with E-state index in [9.17, 15) is 9.59 Å². The molecule has 134 valence electrons. The molecule has 1 aromatic carbocycles. The van der Waals surface area contributed by atoms with Gasteiger partial charge in [-0.3, -0.25) is 14.5 Å². The predicted octanol–water partition coefficient (Wildman–Crippen LogP) is 3.80. The third-order valence-electron chi connectivity index (χ3n) is 3.38. The van der Waals surface area contributed by atoms with Crippen LogP contribution in [0.15, 0.2) is 35.7 Å². The first-order valence-corrected chi connectivity index (χ1v) is 9.25. The average Bonchev–Trinajstić information content (AvgIpc) is 3.04. The highest BCUT2D eigenvalue weighted by atomic mass is 35.5. The number of hydrogen-bond acceptors (Lipinski definition) is 4. The van der Waals surface area contributed by atoms with Gasteiger partial charge in [0.25, 0.3) is 0 Å². The number of halogens is 2. The minimum atomic E-state index is -0.236. The van der Waals surface area contributed by atoms with E-state index in [1.165, 1.54) is 0 Å². The van der Waals surface area contributed by atoms with E-state index < -0.39 is 0 Å². The lowest BCUT2D eigenvalue weighted by molar-refractivity contribution is -0.123. The van der Waals surface area contributed by atoms with E-state index in [1.807, 2.05) is 24.4 Å². The second-order valence-corrected chi connectivity index (χ2v) is 7.45. The van der Waals surface area contributed by atoms with Crippen molar-refractivity contribution in [2.24, 2.45) is 0 Å². The minimum Gasteiger partial charge on any atom is -0.348 e. The van der Waals surface area contributed by atoms with Crippen LogP contribution in [0.1, 0.15) is 17.8 Å². The van der Waals surface area contributed by atoms with Crippen molar-refractivity contribution in [1.82, 2.24) is 10.2 Å². The number of nitrogens with one attached hydrogen (secondary N) is 2. The molecule has 5 nitrogen and oxygen atoms in total. The molecule has 0 unspecified atom stereocenters. The van der Waals surface area contributed by atoms with E-state index in [0.29, 0.717) is 15.7 Å². The fourth-order valence-corrected chi connectivity index (χ4v) is 3.25. The van der Waals surface area contributed by atoms with Crippen LogP contribution in [-0.4, -0.2) is 36.9 Å². The summed E-state index contributed by atoms with van der Waals surface area (Å²) in [6, 6.07) is 8.74. The maximum atomic E-state index is 12.1. The summed E-state index contributed by atoms with van der Waals surface area (Å²) in [5, 5.41) is 8.40. The number of nitrogens with zero attached hydrogens (tertiary/aromatic N) is 1. The first-order valence-electron chi connectivity index (χ1n) is 7.61. The first kappa shape index (κ1) is 19.7. The lowest BCUT2D eigenvalue weighted by Crippen LogP contribution is -2.39. The van der Waals surface area contributed by atoms with Crippen molar-refractivity contribution in [3.05, 3.63) is 50.6 Å². The zero-order valence-corrected chi connectivity index (χ0v) is 16.2. The van der Waals surface area contributed by atoms with E-state index in [2.05, 4.69) is 10.6 Å². The van der Waals surface area contributed by atoms with Crippen LogP contribution in [0.3, 0.4) is 0 Å². The molecule has 2 N–H and O–H groups in total. The van der Waals surface area contributed by atoms with Crippen molar-refractivity contribution in [2.75, 3.05) is 25.5 Å². The lowest BCUT2D eigenvalue weighted by atomic mass is 10.2.